The van der Waals surface area contributed by atoms with Gasteiger partial charge in [-0.05, 0) is 49.7 Å². The highest BCUT2D eigenvalue weighted by Crippen LogP contribution is 2.49. The molecule has 0 aliphatic carbocycles. The van der Waals surface area contributed by atoms with Crippen molar-refractivity contribution in [2.45, 2.75) is 23.6 Å². The molecule has 0 amide bonds. The lowest BCUT2D eigenvalue weighted by Gasteiger charge is -2.31. The highest BCUT2D eigenvalue weighted by atomic mass is 32.2. The van der Waals surface area contributed by atoms with Crippen molar-refractivity contribution in [2.75, 3.05) is 4.90 Å². The van der Waals surface area contributed by atoms with E-state index in [1.54, 1.807) is 11.8 Å². The maximum atomic E-state index is 4.60. The van der Waals surface area contributed by atoms with Gasteiger partial charge in [0.2, 0.25) is 0 Å². The van der Waals surface area contributed by atoms with Crippen molar-refractivity contribution in [3.63, 3.8) is 0 Å². The zero-order valence-electron chi connectivity index (χ0n) is 12.4. The summed E-state index contributed by atoms with van der Waals surface area (Å²) in [6.45, 7) is 4.25. The van der Waals surface area contributed by atoms with Crippen LogP contribution in [-0.2, 0) is 0 Å². The minimum Gasteiger partial charge on any atom is -0.277 e. The molecule has 0 bridgehead atoms. The molecule has 3 aromatic rings. The molecule has 0 radical (unpaired) electrons. The first kappa shape index (κ1) is 13.3. The quantitative estimate of drug-likeness (QED) is 0.493. The summed E-state index contributed by atoms with van der Waals surface area (Å²) in [5.41, 5.74) is 3.61. The molecule has 4 rings (SSSR count). The van der Waals surface area contributed by atoms with Gasteiger partial charge in [0.15, 0.2) is 11.6 Å². The highest BCUT2D eigenvalue weighted by Gasteiger charge is 2.27. The molecule has 22 heavy (non-hydrogen) atoms. The number of hydrogen-bond donors (Lipinski definition) is 0. The first-order valence-electron chi connectivity index (χ1n) is 7.19. The van der Waals surface area contributed by atoms with Crippen LogP contribution in [0.1, 0.15) is 11.1 Å². The van der Waals surface area contributed by atoms with E-state index in [9.17, 15) is 0 Å². The predicted molar refractivity (Wildman–Crippen MR) is 90.3 cm³/mol. The van der Waals surface area contributed by atoms with Crippen molar-refractivity contribution in [1.82, 2.24) is 9.97 Å². The zero-order chi connectivity index (χ0) is 15.1. The zero-order valence-corrected chi connectivity index (χ0v) is 13.3. The smallest absolute Gasteiger partial charge is 0.152 e. The fourth-order valence-corrected chi connectivity index (χ4v) is 3.76. The van der Waals surface area contributed by atoms with Crippen LogP contribution >= 0.6 is 11.8 Å². The Balaban J connectivity index is 1.98. The fraction of sp³-hybridized carbons (Fsp3) is 0.111. The lowest BCUT2D eigenvalue weighted by Crippen LogP contribution is -2.18. The monoisotopic (exact) mass is 305 g/mol. The number of benzene rings is 1. The number of fused-ring (bicyclic) bond motifs is 2. The molecule has 3 heterocycles. The van der Waals surface area contributed by atoms with Gasteiger partial charge in [0.05, 0.1) is 15.5 Å². The summed E-state index contributed by atoms with van der Waals surface area (Å²) in [6.07, 6.45) is 3.67. The van der Waals surface area contributed by atoms with Crippen LogP contribution in [-0.4, -0.2) is 9.97 Å². The number of aromatic nitrogens is 2. The fourth-order valence-electron chi connectivity index (χ4n) is 2.76. The second-order valence-corrected chi connectivity index (χ2v) is 6.46. The number of nitrogens with zero attached hydrogens (tertiary/aromatic N) is 3. The van der Waals surface area contributed by atoms with Crippen molar-refractivity contribution in [1.29, 1.82) is 0 Å². The largest absolute Gasteiger partial charge is 0.277 e. The Bertz CT molecular complexity index is 815. The molecule has 1 aromatic carbocycles. The molecule has 0 N–H and O–H groups in total. The Hall–Kier alpha value is -2.33. The van der Waals surface area contributed by atoms with Gasteiger partial charge >= 0.3 is 0 Å². The van der Waals surface area contributed by atoms with E-state index >= 15 is 0 Å². The third-order valence-corrected chi connectivity index (χ3v) is 4.82. The summed E-state index contributed by atoms with van der Waals surface area (Å²) in [4.78, 5) is 13.7. The van der Waals surface area contributed by atoms with Crippen molar-refractivity contribution < 1.29 is 0 Å². The molecule has 2 aromatic heterocycles. The van der Waals surface area contributed by atoms with E-state index in [-0.39, 0.29) is 0 Å². The molecule has 1 aliphatic heterocycles. The lowest BCUT2D eigenvalue weighted by atomic mass is 10.1. The van der Waals surface area contributed by atoms with E-state index in [1.807, 2.05) is 24.5 Å². The van der Waals surface area contributed by atoms with E-state index in [1.165, 1.54) is 11.1 Å². The number of anilines is 3. The molecule has 0 saturated heterocycles. The van der Waals surface area contributed by atoms with Crippen LogP contribution in [0.15, 0.2) is 64.6 Å². The Kier molecular flexibility index (Phi) is 3.12. The van der Waals surface area contributed by atoms with Crippen LogP contribution in [0.2, 0.25) is 0 Å². The van der Waals surface area contributed by atoms with E-state index in [0.29, 0.717) is 0 Å². The Morgan fingerprint density at radius 1 is 0.864 bits per heavy atom. The first-order valence-corrected chi connectivity index (χ1v) is 8.01. The Morgan fingerprint density at radius 2 is 1.50 bits per heavy atom. The second kappa shape index (κ2) is 5.14. The van der Waals surface area contributed by atoms with E-state index in [4.69, 9.17) is 0 Å². The molecule has 4 heteroatoms. The topological polar surface area (TPSA) is 29.0 Å². The third-order valence-electron chi connectivity index (χ3n) is 3.74. The molecular weight excluding hydrogens is 290 g/mol. The van der Waals surface area contributed by atoms with Gasteiger partial charge in [-0.3, -0.25) is 4.90 Å². The van der Waals surface area contributed by atoms with Gasteiger partial charge in [0, 0.05) is 12.4 Å². The first-order chi connectivity index (χ1) is 10.7. The summed E-state index contributed by atoms with van der Waals surface area (Å²) in [6, 6.07) is 14.7. The van der Waals surface area contributed by atoms with Gasteiger partial charge in [-0.25, -0.2) is 9.97 Å². The van der Waals surface area contributed by atoms with Crippen LogP contribution < -0.4 is 4.90 Å². The summed E-state index contributed by atoms with van der Waals surface area (Å²) in [5.74, 6) is 1.90. The second-order valence-electron chi connectivity index (χ2n) is 5.38. The molecule has 0 saturated carbocycles. The Labute approximate surface area is 134 Å². The highest BCUT2D eigenvalue weighted by molar-refractivity contribution is 7.99. The predicted octanol–water partition coefficient (Wildman–Crippen LogP) is 5.03. The number of hydrogen-bond acceptors (Lipinski definition) is 4. The van der Waals surface area contributed by atoms with Gasteiger partial charge in [-0.2, -0.15) is 0 Å². The molecule has 1 aliphatic rings. The van der Waals surface area contributed by atoms with Crippen LogP contribution in [0.4, 0.5) is 17.3 Å². The Morgan fingerprint density at radius 3 is 2.09 bits per heavy atom. The number of pyridine rings is 2. The van der Waals surface area contributed by atoms with Gasteiger partial charge in [-0.1, -0.05) is 29.5 Å². The summed E-state index contributed by atoms with van der Waals surface area (Å²) < 4.78 is 0. The SMILES string of the molecule is Cc1ccc(N2c3ncccc3Sc3cccnc32)c(C)c1. The molecule has 0 atom stereocenters. The van der Waals surface area contributed by atoms with Crippen molar-refractivity contribution in [2.24, 2.45) is 0 Å². The van der Waals surface area contributed by atoms with E-state index in [2.05, 4.69) is 59.0 Å². The van der Waals surface area contributed by atoms with Crippen LogP contribution in [0.5, 0.6) is 0 Å². The molecular formula is C18H15N3S. The van der Waals surface area contributed by atoms with Gasteiger partial charge < -0.3 is 0 Å². The third kappa shape index (κ3) is 2.07. The van der Waals surface area contributed by atoms with Crippen molar-refractivity contribution in [3.8, 4) is 0 Å². The van der Waals surface area contributed by atoms with Gasteiger partial charge in [0.25, 0.3) is 0 Å². The van der Waals surface area contributed by atoms with E-state index in [0.717, 1.165) is 27.1 Å². The molecule has 0 fully saturated rings. The average molecular weight is 305 g/mol. The van der Waals surface area contributed by atoms with E-state index < -0.39 is 0 Å². The lowest BCUT2D eigenvalue weighted by molar-refractivity contribution is 1.03. The summed E-state index contributed by atoms with van der Waals surface area (Å²) in [5, 5.41) is 0. The van der Waals surface area contributed by atoms with Crippen LogP contribution in [0.25, 0.3) is 0 Å². The molecule has 3 nitrogen and oxygen atoms in total. The van der Waals surface area contributed by atoms with Crippen molar-refractivity contribution in [3.05, 3.63) is 66.0 Å². The van der Waals surface area contributed by atoms with Gasteiger partial charge in [0.1, 0.15) is 0 Å². The average Bonchev–Trinajstić information content (AvgIpc) is 2.53. The summed E-state index contributed by atoms with van der Waals surface area (Å²) in [7, 11) is 0. The maximum Gasteiger partial charge on any atom is 0.152 e. The summed E-state index contributed by atoms with van der Waals surface area (Å²) >= 11 is 1.72. The number of aryl methyl sites for hydroxylation is 2. The minimum atomic E-state index is 0.950. The molecule has 0 spiro atoms. The molecule has 108 valence electrons. The maximum absolute atomic E-state index is 4.60. The van der Waals surface area contributed by atoms with Crippen LogP contribution in [0, 0.1) is 13.8 Å². The normalized spacial score (nSPS) is 12.7. The standard InChI is InChI=1S/C18H15N3S/c1-12-7-8-14(13(2)11-12)21-17-15(5-3-9-19-17)22-16-6-4-10-20-18(16)21/h3-11H,1-2H3. The minimum absolute atomic E-state index is 0.950. The number of rotatable bonds is 1. The van der Waals surface area contributed by atoms with Gasteiger partial charge in [-0.15, -0.1) is 0 Å². The molecule has 0 unspecified atom stereocenters. The van der Waals surface area contributed by atoms with Crippen molar-refractivity contribution >= 4 is 29.1 Å². The van der Waals surface area contributed by atoms with Crippen LogP contribution in [0.3, 0.4) is 0 Å².